The summed E-state index contributed by atoms with van der Waals surface area (Å²) >= 11 is 0. The molecular formula is C25H27N3O4. The van der Waals surface area contributed by atoms with E-state index in [0.29, 0.717) is 19.0 Å². The first kappa shape index (κ1) is 22.1. The zero-order chi connectivity index (χ0) is 22.5. The maximum Gasteiger partial charge on any atom is 0.138 e. The quantitative estimate of drug-likeness (QED) is 0.446. The molecule has 4 N–H and O–H groups in total. The van der Waals surface area contributed by atoms with E-state index >= 15 is 0 Å². The van der Waals surface area contributed by atoms with Gasteiger partial charge in [-0.15, -0.1) is 0 Å². The Labute approximate surface area is 187 Å². The van der Waals surface area contributed by atoms with Crippen LogP contribution in [0.3, 0.4) is 0 Å². The second-order valence-corrected chi connectivity index (χ2v) is 7.85. The Balaban J connectivity index is 1.44. The van der Waals surface area contributed by atoms with Crippen LogP contribution in [0.15, 0.2) is 60.9 Å². The van der Waals surface area contributed by atoms with Gasteiger partial charge in [0.1, 0.15) is 18.0 Å². The molecule has 7 heteroatoms. The molecule has 166 valence electrons. The highest BCUT2D eigenvalue weighted by molar-refractivity contribution is 5.67. The predicted octanol–water partition coefficient (Wildman–Crippen LogP) is 2.36. The normalized spacial score (nSPS) is 19.8. The number of rotatable bonds is 6. The second-order valence-electron chi connectivity index (χ2n) is 7.85. The van der Waals surface area contributed by atoms with Crippen LogP contribution in [-0.2, 0) is 4.74 Å². The molecule has 1 saturated heterocycles. The summed E-state index contributed by atoms with van der Waals surface area (Å²) in [4.78, 5) is 4.13. The third kappa shape index (κ3) is 5.01. The molecule has 0 amide bonds. The van der Waals surface area contributed by atoms with Gasteiger partial charge < -0.3 is 29.9 Å². The van der Waals surface area contributed by atoms with E-state index in [9.17, 15) is 15.3 Å². The van der Waals surface area contributed by atoms with E-state index in [4.69, 9.17) is 4.74 Å². The van der Waals surface area contributed by atoms with Crippen LogP contribution in [0.4, 0.5) is 5.69 Å². The molecule has 3 unspecified atom stereocenters. The van der Waals surface area contributed by atoms with Crippen molar-refractivity contribution in [2.75, 3.05) is 25.1 Å². The number of hydrogen-bond acceptors (Lipinski definition) is 6. The summed E-state index contributed by atoms with van der Waals surface area (Å²) in [5.41, 5.74) is 3.92. The molecule has 1 aromatic heterocycles. The van der Waals surface area contributed by atoms with Crippen LogP contribution in [0, 0.1) is 11.8 Å². The molecule has 7 nitrogen and oxygen atoms in total. The lowest BCUT2D eigenvalue weighted by atomic mass is 10.0. The highest BCUT2D eigenvalue weighted by atomic mass is 16.5. The van der Waals surface area contributed by atoms with E-state index in [0.717, 1.165) is 22.4 Å². The van der Waals surface area contributed by atoms with E-state index in [2.05, 4.69) is 22.1 Å². The van der Waals surface area contributed by atoms with Crippen molar-refractivity contribution >= 4 is 5.69 Å². The molecule has 1 aliphatic heterocycles. The summed E-state index contributed by atoms with van der Waals surface area (Å²) < 4.78 is 6.96. The number of anilines is 1. The summed E-state index contributed by atoms with van der Waals surface area (Å²) in [7, 11) is 0. The Hall–Kier alpha value is -3.15. The Morgan fingerprint density at radius 2 is 1.81 bits per heavy atom. The first-order chi connectivity index (χ1) is 15.5. The molecule has 0 spiro atoms. The van der Waals surface area contributed by atoms with Crippen molar-refractivity contribution in [2.24, 2.45) is 0 Å². The molecule has 0 radical (unpaired) electrons. The maximum absolute atomic E-state index is 9.87. The van der Waals surface area contributed by atoms with Gasteiger partial charge in [0.15, 0.2) is 0 Å². The molecule has 4 rings (SSSR count). The highest BCUT2D eigenvalue weighted by Gasteiger charge is 2.25. The van der Waals surface area contributed by atoms with Gasteiger partial charge in [-0.1, -0.05) is 36.1 Å². The molecule has 1 aliphatic rings. The van der Waals surface area contributed by atoms with Crippen molar-refractivity contribution in [1.82, 2.24) is 9.55 Å². The smallest absolute Gasteiger partial charge is 0.138 e. The van der Waals surface area contributed by atoms with Crippen LogP contribution < -0.4 is 5.32 Å². The van der Waals surface area contributed by atoms with E-state index in [1.54, 1.807) is 23.9 Å². The van der Waals surface area contributed by atoms with Crippen molar-refractivity contribution in [3.8, 4) is 23.0 Å². The lowest BCUT2D eigenvalue weighted by Gasteiger charge is -2.16. The molecule has 4 atom stereocenters. The SMILES string of the molecule is CC(O)c1nccn1C(C#Cc1ccc(-c2ccc(NC3COC[C@H]3O)cc2)cc1)CO. The van der Waals surface area contributed by atoms with Crippen molar-refractivity contribution in [3.63, 3.8) is 0 Å². The van der Waals surface area contributed by atoms with Crippen molar-refractivity contribution < 1.29 is 20.1 Å². The lowest BCUT2D eigenvalue weighted by Crippen LogP contribution is -2.31. The molecule has 0 bridgehead atoms. The molecule has 0 saturated carbocycles. The van der Waals surface area contributed by atoms with E-state index in [-0.39, 0.29) is 12.6 Å². The standard InChI is InChI=1S/C25H27N3O4/c1-17(30)25-26-12-13-28(25)22(14-29)11-4-18-2-5-19(6-3-18)20-7-9-21(10-8-20)27-23-15-32-16-24(23)31/h2-3,5-10,12-13,17,22-24,27,29-31H,14-16H2,1H3/t17?,22?,23?,24-/m1/s1. The average molecular weight is 434 g/mol. The fourth-order valence-electron chi connectivity index (χ4n) is 3.68. The minimum Gasteiger partial charge on any atom is -0.393 e. The topological polar surface area (TPSA) is 99.8 Å². The number of ether oxygens (including phenoxy) is 1. The fourth-order valence-corrected chi connectivity index (χ4v) is 3.68. The van der Waals surface area contributed by atoms with Crippen molar-refractivity contribution in [1.29, 1.82) is 0 Å². The third-order valence-electron chi connectivity index (χ3n) is 5.47. The van der Waals surface area contributed by atoms with Crippen LogP contribution in [0.5, 0.6) is 0 Å². The Morgan fingerprint density at radius 1 is 1.12 bits per heavy atom. The minimum absolute atomic E-state index is 0.0829. The van der Waals surface area contributed by atoms with E-state index in [1.165, 1.54) is 0 Å². The van der Waals surface area contributed by atoms with Crippen LogP contribution in [0.2, 0.25) is 0 Å². The maximum atomic E-state index is 9.87. The van der Waals surface area contributed by atoms with Gasteiger partial charge in [-0.25, -0.2) is 4.98 Å². The van der Waals surface area contributed by atoms with Gasteiger partial charge in [0.2, 0.25) is 0 Å². The largest absolute Gasteiger partial charge is 0.393 e. The Bertz CT molecular complexity index is 1080. The molecular weight excluding hydrogens is 406 g/mol. The monoisotopic (exact) mass is 433 g/mol. The lowest BCUT2D eigenvalue weighted by molar-refractivity contribution is 0.125. The molecule has 1 fully saturated rings. The van der Waals surface area contributed by atoms with Gasteiger partial charge in [-0.3, -0.25) is 0 Å². The van der Waals surface area contributed by atoms with Gasteiger partial charge in [0.25, 0.3) is 0 Å². The number of nitrogens with one attached hydrogen (secondary N) is 1. The van der Waals surface area contributed by atoms with Gasteiger partial charge in [-0.2, -0.15) is 0 Å². The summed E-state index contributed by atoms with van der Waals surface area (Å²) in [6.07, 6.45) is 2.07. The Morgan fingerprint density at radius 3 is 2.41 bits per heavy atom. The zero-order valence-electron chi connectivity index (χ0n) is 17.8. The Kier molecular flexibility index (Phi) is 6.88. The van der Waals surface area contributed by atoms with E-state index < -0.39 is 18.2 Å². The van der Waals surface area contributed by atoms with Crippen LogP contribution in [-0.4, -0.2) is 56.8 Å². The summed E-state index contributed by atoms with van der Waals surface area (Å²) in [6, 6.07) is 15.4. The predicted molar refractivity (Wildman–Crippen MR) is 122 cm³/mol. The number of benzene rings is 2. The highest BCUT2D eigenvalue weighted by Crippen LogP contribution is 2.23. The summed E-state index contributed by atoms with van der Waals surface area (Å²) in [5, 5.41) is 32.7. The van der Waals surface area contributed by atoms with Gasteiger partial charge in [0.05, 0.1) is 32.0 Å². The number of aliphatic hydroxyl groups is 3. The van der Waals surface area contributed by atoms with Gasteiger partial charge in [-0.05, 0) is 42.3 Å². The fraction of sp³-hybridized carbons (Fsp3) is 0.320. The number of aromatic nitrogens is 2. The van der Waals surface area contributed by atoms with Crippen LogP contribution in [0.1, 0.15) is 30.5 Å². The van der Waals surface area contributed by atoms with Gasteiger partial charge in [0, 0.05) is 23.6 Å². The number of nitrogens with zero attached hydrogens (tertiary/aromatic N) is 2. The summed E-state index contributed by atoms with van der Waals surface area (Å²) in [5.74, 6) is 6.63. The molecule has 3 aromatic rings. The third-order valence-corrected chi connectivity index (χ3v) is 5.47. The molecule has 32 heavy (non-hydrogen) atoms. The average Bonchev–Trinajstić information content (AvgIpc) is 3.45. The van der Waals surface area contributed by atoms with Crippen LogP contribution in [0.25, 0.3) is 11.1 Å². The molecule has 2 heterocycles. The van der Waals surface area contributed by atoms with Crippen molar-refractivity contribution in [3.05, 3.63) is 72.3 Å². The molecule has 0 aliphatic carbocycles. The van der Waals surface area contributed by atoms with Crippen LogP contribution >= 0.6 is 0 Å². The van der Waals surface area contributed by atoms with E-state index in [1.807, 2.05) is 48.5 Å². The van der Waals surface area contributed by atoms with Crippen molar-refractivity contribution in [2.45, 2.75) is 31.2 Å². The first-order valence-electron chi connectivity index (χ1n) is 10.6. The number of aliphatic hydroxyl groups excluding tert-OH is 3. The molecule has 2 aromatic carbocycles. The number of hydrogen-bond donors (Lipinski definition) is 4. The summed E-state index contributed by atoms with van der Waals surface area (Å²) in [6.45, 7) is 2.33. The minimum atomic E-state index is -0.738. The second kappa shape index (κ2) is 9.98. The number of imidazole rings is 1. The zero-order valence-corrected chi connectivity index (χ0v) is 17.8. The van der Waals surface area contributed by atoms with Gasteiger partial charge >= 0.3 is 0 Å². The first-order valence-corrected chi connectivity index (χ1v) is 10.6.